The Hall–Kier alpha value is -2.93. The second-order valence-electron chi connectivity index (χ2n) is 6.04. The number of amides is 1. The highest BCUT2D eigenvalue weighted by molar-refractivity contribution is 8.15. The van der Waals surface area contributed by atoms with Gasteiger partial charge in [0.25, 0.3) is 0 Å². The normalized spacial score (nSPS) is 18.2. The molecule has 0 saturated carbocycles. The number of rotatable bonds is 7. The topological polar surface area (TPSA) is 54.3 Å². The molecule has 28 heavy (non-hydrogen) atoms. The summed E-state index contributed by atoms with van der Waals surface area (Å²) in [5.74, 6) is 0.342. The summed E-state index contributed by atoms with van der Waals surface area (Å²) in [6.45, 7) is 4.06. The first-order valence-corrected chi connectivity index (χ1v) is 9.57. The Morgan fingerprint density at radius 1 is 1.25 bits per heavy atom. The molecule has 7 heteroatoms. The highest BCUT2D eigenvalue weighted by Crippen LogP contribution is 2.30. The van der Waals surface area contributed by atoms with Crippen LogP contribution < -0.4 is 4.74 Å². The molecule has 0 aliphatic carbocycles. The van der Waals surface area contributed by atoms with Gasteiger partial charge in [0.2, 0.25) is 5.91 Å². The fraction of sp³-hybridized carbons (Fsp3) is 0.190. The monoisotopic (exact) mass is 397 g/mol. The van der Waals surface area contributed by atoms with Crippen LogP contribution in [0.2, 0.25) is 0 Å². The zero-order chi connectivity index (χ0) is 19.9. The number of methoxy groups -OCH3 is 1. The molecule has 1 amide bonds. The van der Waals surface area contributed by atoms with Crippen molar-refractivity contribution in [1.29, 1.82) is 0 Å². The van der Waals surface area contributed by atoms with E-state index in [0.717, 1.165) is 11.1 Å². The van der Waals surface area contributed by atoms with Crippen molar-refractivity contribution in [3.05, 3.63) is 78.1 Å². The summed E-state index contributed by atoms with van der Waals surface area (Å²) in [5, 5.41) is 8.57. The number of nitrogens with zero attached hydrogens (tertiary/aromatic N) is 3. The standard InChI is InChI=1S/C21H20FN3O2S/c1-3-12-25-20(26)19(13-15-8-10-17(22)11-9-15)28-21(25)24-23-14-16-6-4-5-7-18(16)27-2/h3-11,14,19H,1,12-13H2,2H3/b23-14-,24-21-/t19-/m1/s1. The lowest BCUT2D eigenvalue weighted by Gasteiger charge is -2.12. The zero-order valence-electron chi connectivity index (χ0n) is 15.4. The van der Waals surface area contributed by atoms with Crippen LogP contribution in [0.1, 0.15) is 11.1 Å². The summed E-state index contributed by atoms with van der Waals surface area (Å²) in [6.07, 6.45) is 3.74. The van der Waals surface area contributed by atoms with Gasteiger partial charge in [-0.25, -0.2) is 4.39 Å². The lowest BCUT2D eigenvalue weighted by Crippen LogP contribution is -2.32. The van der Waals surface area contributed by atoms with Crippen molar-refractivity contribution in [1.82, 2.24) is 4.90 Å². The van der Waals surface area contributed by atoms with Crippen LogP contribution in [0, 0.1) is 5.82 Å². The quantitative estimate of drug-likeness (QED) is 0.405. The van der Waals surface area contributed by atoms with Crippen molar-refractivity contribution in [2.75, 3.05) is 13.7 Å². The largest absolute Gasteiger partial charge is 0.496 e. The number of carbonyl (C=O) groups excluding carboxylic acids is 1. The summed E-state index contributed by atoms with van der Waals surface area (Å²) in [6, 6.07) is 13.6. The fourth-order valence-corrected chi connectivity index (χ4v) is 3.91. The highest BCUT2D eigenvalue weighted by atomic mass is 32.2. The summed E-state index contributed by atoms with van der Waals surface area (Å²) < 4.78 is 18.4. The van der Waals surface area contributed by atoms with Crippen molar-refractivity contribution >= 4 is 29.1 Å². The molecule has 1 fully saturated rings. The van der Waals surface area contributed by atoms with E-state index in [-0.39, 0.29) is 17.0 Å². The van der Waals surface area contributed by atoms with Gasteiger partial charge >= 0.3 is 0 Å². The Bertz CT molecular complexity index is 912. The molecule has 2 aromatic carbocycles. The predicted molar refractivity (Wildman–Crippen MR) is 111 cm³/mol. The molecule has 1 aliphatic rings. The molecule has 0 unspecified atom stereocenters. The van der Waals surface area contributed by atoms with E-state index in [9.17, 15) is 9.18 Å². The molecule has 1 heterocycles. The van der Waals surface area contributed by atoms with Gasteiger partial charge in [0.05, 0.1) is 18.6 Å². The van der Waals surface area contributed by atoms with Gasteiger partial charge in [-0.2, -0.15) is 5.10 Å². The van der Waals surface area contributed by atoms with Gasteiger partial charge in [0.15, 0.2) is 5.17 Å². The van der Waals surface area contributed by atoms with Gasteiger partial charge in [-0.05, 0) is 36.2 Å². The van der Waals surface area contributed by atoms with Crippen molar-refractivity contribution in [3.63, 3.8) is 0 Å². The molecule has 1 saturated heterocycles. The average molecular weight is 397 g/mol. The van der Waals surface area contributed by atoms with E-state index >= 15 is 0 Å². The minimum absolute atomic E-state index is 0.0551. The molecule has 2 aromatic rings. The summed E-state index contributed by atoms with van der Waals surface area (Å²) in [5.41, 5.74) is 1.69. The molecule has 3 rings (SSSR count). The SMILES string of the molecule is C=CCN1C(=O)[C@@H](Cc2ccc(F)cc2)S/C1=N\N=C/c1ccccc1OC. The number of halogens is 1. The molecule has 1 atom stereocenters. The van der Waals surface area contributed by atoms with Gasteiger partial charge in [0, 0.05) is 12.1 Å². The Kier molecular flexibility index (Phi) is 6.60. The Morgan fingerprint density at radius 2 is 2.00 bits per heavy atom. The molecule has 144 valence electrons. The molecule has 0 N–H and O–H groups in total. The van der Waals surface area contributed by atoms with E-state index in [1.165, 1.54) is 23.9 Å². The maximum atomic E-state index is 13.1. The van der Waals surface area contributed by atoms with Crippen molar-refractivity contribution in [2.24, 2.45) is 10.2 Å². The van der Waals surface area contributed by atoms with E-state index in [1.54, 1.807) is 36.4 Å². The van der Waals surface area contributed by atoms with Crippen LogP contribution in [0.5, 0.6) is 5.75 Å². The summed E-state index contributed by atoms with van der Waals surface area (Å²) in [4.78, 5) is 14.3. The van der Waals surface area contributed by atoms with Crippen LogP contribution in [0.4, 0.5) is 4.39 Å². The van der Waals surface area contributed by atoms with Gasteiger partial charge in [-0.3, -0.25) is 9.69 Å². The first-order chi connectivity index (χ1) is 13.6. The summed E-state index contributed by atoms with van der Waals surface area (Å²) >= 11 is 1.35. The Balaban J connectivity index is 1.77. The van der Waals surface area contributed by atoms with E-state index in [2.05, 4.69) is 16.8 Å². The maximum Gasteiger partial charge on any atom is 0.242 e. The minimum Gasteiger partial charge on any atom is -0.496 e. The molecule has 1 aliphatic heterocycles. The first-order valence-electron chi connectivity index (χ1n) is 8.69. The Labute approximate surface area is 167 Å². The minimum atomic E-state index is -0.328. The molecule has 0 bridgehead atoms. The van der Waals surface area contributed by atoms with Crippen LogP contribution in [-0.4, -0.2) is 41.1 Å². The van der Waals surface area contributed by atoms with Crippen LogP contribution in [0.15, 0.2) is 71.4 Å². The fourth-order valence-electron chi connectivity index (χ4n) is 2.76. The predicted octanol–water partition coefficient (Wildman–Crippen LogP) is 3.90. The lowest BCUT2D eigenvalue weighted by atomic mass is 10.1. The van der Waals surface area contributed by atoms with E-state index in [0.29, 0.717) is 23.9 Å². The van der Waals surface area contributed by atoms with Gasteiger partial charge in [0.1, 0.15) is 11.6 Å². The molecule has 0 spiro atoms. The number of amidine groups is 1. The zero-order valence-corrected chi connectivity index (χ0v) is 16.2. The molecular weight excluding hydrogens is 377 g/mol. The number of para-hydroxylation sites is 1. The third-order valence-electron chi connectivity index (χ3n) is 4.15. The number of thioether (sulfide) groups is 1. The molecular formula is C21H20FN3O2S. The van der Waals surface area contributed by atoms with Crippen molar-refractivity contribution in [3.8, 4) is 5.75 Å². The molecule has 5 nitrogen and oxygen atoms in total. The van der Waals surface area contributed by atoms with E-state index < -0.39 is 0 Å². The van der Waals surface area contributed by atoms with Crippen LogP contribution in [0.3, 0.4) is 0 Å². The molecule has 0 radical (unpaired) electrons. The van der Waals surface area contributed by atoms with Gasteiger partial charge in [-0.1, -0.05) is 42.1 Å². The van der Waals surface area contributed by atoms with Crippen molar-refractivity contribution in [2.45, 2.75) is 11.7 Å². The second kappa shape index (κ2) is 9.32. The van der Waals surface area contributed by atoms with Crippen LogP contribution >= 0.6 is 11.8 Å². The third kappa shape index (κ3) is 4.67. The number of carbonyl (C=O) groups is 1. The maximum absolute atomic E-state index is 13.1. The number of ether oxygens (including phenoxy) is 1. The number of hydrogen-bond donors (Lipinski definition) is 0. The number of benzene rings is 2. The highest BCUT2D eigenvalue weighted by Gasteiger charge is 2.37. The van der Waals surface area contributed by atoms with Gasteiger partial charge in [-0.15, -0.1) is 11.7 Å². The summed E-state index contributed by atoms with van der Waals surface area (Å²) in [7, 11) is 1.59. The smallest absolute Gasteiger partial charge is 0.242 e. The molecule has 0 aromatic heterocycles. The van der Waals surface area contributed by atoms with Crippen molar-refractivity contribution < 1.29 is 13.9 Å². The van der Waals surface area contributed by atoms with Gasteiger partial charge < -0.3 is 4.74 Å². The first kappa shape index (κ1) is 19.8. The average Bonchev–Trinajstić information content (AvgIpc) is 2.99. The third-order valence-corrected chi connectivity index (χ3v) is 5.31. The lowest BCUT2D eigenvalue weighted by molar-refractivity contribution is -0.125. The van der Waals surface area contributed by atoms with Crippen LogP contribution in [-0.2, 0) is 11.2 Å². The van der Waals surface area contributed by atoms with E-state index in [4.69, 9.17) is 4.74 Å². The second-order valence-corrected chi connectivity index (χ2v) is 7.21. The van der Waals surface area contributed by atoms with Crippen LogP contribution in [0.25, 0.3) is 0 Å². The van der Waals surface area contributed by atoms with E-state index in [1.807, 2.05) is 24.3 Å². The number of hydrogen-bond acceptors (Lipinski definition) is 5. The Morgan fingerprint density at radius 3 is 2.71 bits per heavy atom.